The third-order valence-electron chi connectivity index (χ3n) is 4.32. The zero-order valence-corrected chi connectivity index (χ0v) is 16.5. The third kappa shape index (κ3) is 5.40. The quantitative estimate of drug-likeness (QED) is 0.570. The summed E-state index contributed by atoms with van der Waals surface area (Å²) in [6.45, 7) is 4.01. The van der Waals surface area contributed by atoms with E-state index in [1.807, 2.05) is 6.07 Å². The molecule has 9 nitrogen and oxygen atoms in total. The maximum Gasteiger partial charge on any atom is 0.240 e. The van der Waals surface area contributed by atoms with Crippen molar-refractivity contribution in [2.24, 2.45) is 0 Å². The molecule has 3 N–H and O–H groups in total. The number of carbonyl (C=O) groups excluding carboxylic acids is 1. The van der Waals surface area contributed by atoms with E-state index >= 15 is 0 Å². The number of nitrogens with zero attached hydrogens (tertiary/aromatic N) is 3. The summed E-state index contributed by atoms with van der Waals surface area (Å²) in [5.41, 5.74) is 1.57. The van der Waals surface area contributed by atoms with Crippen LogP contribution in [0.25, 0.3) is 0 Å². The highest BCUT2D eigenvalue weighted by Crippen LogP contribution is 2.20. The van der Waals surface area contributed by atoms with E-state index in [-0.39, 0.29) is 17.3 Å². The summed E-state index contributed by atoms with van der Waals surface area (Å²) in [6.07, 6.45) is 4.10. The Kier molecular flexibility index (Phi) is 6.42. The van der Waals surface area contributed by atoms with Crippen molar-refractivity contribution in [3.8, 4) is 0 Å². The van der Waals surface area contributed by atoms with Gasteiger partial charge in [-0.05, 0) is 37.1 Å². The number of nitrogens with one attached hydrogen (secondary N) is 3. The Balaban J connectivity index is 1.50. The Morgan fingerprint density at radius 2 is 1.86 bits per heavy atom. The molecule has 10 heteroatoms. The summed E-state index contributed by atoms with van der Waals surface area (Å²) in [5.74, 6) is 0.403. The van der Waals surface area contributed by atoms with Gasteiger partial charge in [-0.25, -0.2) is 13.1 Å². The van der Waals surface area contributed by atoms with Crippen LogP contribution < -0.4 is 20.3 Å². The van der Waals surface area contributed by atoms with Crippen molar-refractivity contribution in [1.82, 2.24) is 14.9 Å². The van der Waals surface area contributed by atoms with Gasteiger partial charge in [-0.1, -0.05) is 0 Å². The average molecular weight is 404 g/mol. The molecule has 1 amide bonds. The van der Waals surface area contributed by atoms with Gasteiger partial charge in [0.1, 0.15) is 0 Å². The minimum atomic E-state index is -3.63. The summed E-state index contributed by atoms with van der Waals surface area (Å²) in [6, 6.07) is 7.92. The summed E-state index contributed by atoms with van der Waals surface area (Å²) in [7, 11) is -3.63. The molecule has 1 aliphatic heterocycles. The van der Waals surface area contributed by atoms with Crippen molar-refractivity contribution in [3.05, 3.63) is 36.5 Å². The summed E-state index contributed by atoms with van der Waals surface area (Å²) in [4.78, 5) is 13.4. The van der Waals surface area contributed by atoms with Gasteiger partial charge in [-0.15, -0.1) is 5.10 Å². The zero-order valence-electron chi connectivity index (χ0n) is 15.7. The van der Waals surface area contributed by atoms with Crippen LogP contribution in [0.3, 0.4) is 0 Å². The fraction of sp³-hybridized carbons (Fsp3) is 0.389. The zero-order chi connectivity index (χ0) is 20.0. The summed E-state index contributed by atoms with van der Waals surface area (Å²) >= 11 is 0. The number of aromatic nitrogens is 2. The second-order valence-corrected chi connectivity index (χ2v) is 8.29. The fourth-order valence-electron chi connectivity index (χ4n) is 2.97. The Labute approximate surface area is 164 Å². The van der Waals surface area contributed by atoms with Gasteiger partial charge in [-0.3, -0.25) is 4.79 Å². The van der Waals surface area contributed by atoms with Crippen molar-refractivity contribution in [3.63, 3.8) is 0 Å². The van der Waals surface area contributed by atoms with E-state index in [0.717, 1.165) is 18.8 Å². The minimum absolute atomic E-state index is 0.137. The van der Waals surface area contributed by atoms with E-state index in [1.54, 1.807) is 18.3 Å². The average Bonchev–Trinajstić information content (AvgIpc) is 3.20. The lowest BCUT2D eigenvalue weighted by atomic mass is 10.3. The molecular formula is C18H24N6O3S. The topological polar surface area (TPSA) is 116 Å². The molecule has 0 aliphatic carbocycles. The molecule has 0 radical (unpaired) electrons. The molecule has 1 fully saturated rings. The van der Waals surface area contributed by atoms with E-state index in [0.29, 0.717) is 18.1 Å². The number of amides is 1. The normalized spacial score (nSPS) is 14.1. The highest BCUT2D eigenvalue weighted by molar-refractivity contribution is 7.89. The van der Waals surface area contributed by atoms with E-state index in [2.05, 4.69) is 30.5 Å². The SMILES string of the molecule is CC(=O)Nc1ccc(S(=O)(=O)NCCNc2cc(N3CCCC3)cnn2)cc1. The van der Waals surface area contributed by atoms with Gasteiger partial charge >= 0.3 is 0 Å². The van der Waals surface area contributed by atoms with Crippen LogP contribution >= 0.6 is 0 Å². The molecule has 1 saturated heterocycles. The molecule has 150 valence electrons. The number of carbonyl (C=O) groups is 1. The fourth-order valence-corrected chi connectivity index (χ4v) is 4.00. The van der Waals surface area contributed by atoms with Crippen LogP contribution in [0.15, 0.2) is 41.4 Å². The van der Waals surface area contributed by atoms with E-state index < -0.39 is 10.0 Å². The molecule has 0 bridgehead atoms. The summed E-state index contributed by atoms with van der Waals surface area (Å²) < 4.78 is 27.2. The molecule has 0 spiro atoms. The van der Waals surface area contributed by atoms with Crippen LogP contribution in [0.4, 0.5) is 17.2 Å². The van der Waals surface area contributed by atoms with Gasteiger partial charge in [0.05, 0.1) is 16.8 Å². The Morgan fingerprint density at radius 3 is 2.54 bits per heavy atom. The van der Waals surface area contributed by atoms with Crippen molar-refractivity contribution < 1.29 is 13.2 Å². The minimum Gasteiger partial charge on any atom is -0.370 e. The van der Waals surface area contributed by atoms with Crippen LogP contribution in [0.1, 0.15) is 19.8 Å². The first-order chi connectivity index (χ1) is 13.4. The van der Waals surface area contributed by atoms with Gasteiger partial charge in [0, 0.05) is 44.9 Å². The Morgan fingerprint density at radius 1 is 1.14 bits per heavy atom. The first-order valence-electron chi connectivity index (χ1n) is 9.13. The summed E-state index contributed by atoms with van der Waals surface area (Å²) in [5, 5.41) is 13.7. The largest absolute Gasteiger partial charge is 0.370 e. The highest BCUT2D eigenvalue weighted by Gasteiger charge is 2.14. The van der Waals surface area contributed by atoms with Crippen LogP contribution in [-0.2, 0) is 14.8 Å². The maximum atomic E-state index is 12.3. The smallest absolute Gasteiger partial charge is 0.240 e. The lowest BCUT2D eigenvalue weighted by Gasteiger charge is -2.17. The predicted molar refractivity (Wildman–Crippen MR) is 108 cm³/mol. The first kappa shape index (κ1) is 20.0. The predicted octanol–water partition coefficient (Wildman–Crippen LogP) is 1.43. The van der Waals surface area contributed by atoms with Gasteiger partial charge in [0.2, 0.25) is 15.9 Å². The first-order valence-corrected chi connectivity index (χ1v) is 10.6. The van der Waals surface area contributed by atoms with Crippen molar-refractivity contribution in [1.29, 1.82) is 0 Å². The maximum absolute atomic E-state index is 12.3. The second kappa shape index (κ2) is 8.98. The Hall–Kier alpha value is -2.72. The van der Waals surface area contributed by atoms with Crippen molar-refractivity contribution >= 4 is 33.1 Å². The number of sulfonamides is 1. The van der Waals surface area contributed by atoms with Gasteiger partial charge in [-0.2, -0.15) is 5.10 Å². The van der Waals surface area contributed by atoms with Crippen LogP contribution in [0.2, 0.25) is 0 Å². The molecule has 1 aliphatic rings. The molecular weight excluding hydrogens is 380 g/mol. The standard InChI is InChI=1S/C18H24N6O3S/c1-14(25)22-15-4-6-17(7-5-15)28(26,27)21-9-8-19-18-12-16(13-20-23-18)24-10-2-3-11-24/h4-7,12-13,21H,2-3,8-11H2,1H3,(H,19,23)(H,22,25). The second-order valence-electron chi connectivity index (χ2n) is 6.52. The number of hydrogen-bond acceptors (Lipinski definition) is 7. The van der Waals surface area contributed by atoms with E-state index in [9.17, 15) is 13.2 Å². The highest BCUT2D eigenvalue weighted by atomic mass is 32.2. The van der Waals surface area contributed by atoms with Crippen molar-refractivity contribution in [2.45, 2.75) is 24.7 Å². The number of rotatable bonds is 8. The molecule has 0 saturated carbocycles. The molecule has 0 unspecified atom stereocenters. The monoisotopic (exact) mass is 404 g/mol. The molecule has 28 heavy (non-hydrogen) atoms. The van der Waals surface area contributed by atoms with Crippen molar-refractivity contribution in [2.75, 3.05) is 41.7 Å². The molecule has 3 rings (SSSR count). The molecule has 0 atom stereocenters. The Bertz CT molecular complexity index is 911. The van der Waals surface area contributed by atoms with Crippen LogP contribution in [-0.4, -0.2) is 50.7 Å². The number of benzene rings is 1. The molecule has 2 heterocycles. The number of hydrogen-bond donors (Lipinski definition) is 3. The van der Waals surface area contributed by atoms with Gasteiger partial charge in [0.15, 0.2) is 5.82 Å². The molecule has 1 aromatic heterocycles. The molecule has 2 aromatic rings. The lowest BCUT2D eigenvalue weighted by molar-refractivity contribution is -0.114. The third-order valence-corrected chi connectivity index (χ3v) is 5.80. The van der Waals surface area contributed by atoms with Gasteiger partial charge in [0.25, 0.3) is 0 Å². The number of anilines is 3. The van der Waals surface area contributed by atoms with Crippen LogP contribution in [0, 0.1) is 0 Å². The van der Waals surface area contributed by atoms with Gasteiger partial charge < -0.3 is 15.5 Å². The lowest BCUT2D eigenvalue weighted by Crippen LogP contribution is -2.29. The molecule has 1 aromatic carbocycles. The van der Waals surface area contributed by atoms with Crippen LogP contribution in [0.5, 0.6) is 0 Å². The van der Waals surface area contributed by atoms with E-state index in [1.165, 1.54) is 31.9 Å². The van der Waals surface area contributed by atoms with E-state index in [4.69, 9.17) is 0 Å².